The zero-order valence-corrected chi connectivity index (χ0v) is 19.6. The lowest BCUT2D eigenvalue weighted by molar-refractivity contribution is -0.156. The number of nitrogens with zero attached hydrogens (tertiary/aromatic N) is 2. The molecular formula is C21H38N4O5. The standard InChI is InChI=1S/C21H38N4O5/c1-10-12-24(8)13-11-16(22-19(28)30-21(5,6)7)14-17(26)23-25(9)15-18(27)29-20(2,3)4/h1,16H,11-15H2,2-9H3,(H,22,28)(H,23,26)/t16-/m0/s1. The predicted octanol–water partition coefficient (Wildman–Crippen LogP) is 1.53. The highest BCUT2D eigenvalue weighted by molar-refractivity contribution is 5.78. The van der Waals surface area contributed by atoms with E-state index in [0.29, 0.717) is 19.5 Å². The molecule has 172 valence electrons. The van der Waals surface area contributed by atoms with E-state index in [9.17, 15) is 14.4 Å². The Morgan fingerprint density at radius 1 is 1.03 bits per heavy atom. The number of esters is 1. The Kier molecular flexibility index (Phi) is 11.4. The van der Waals surface area contributed by atoms with E-state index in [4.69, 9.17) is 15.9 Å². The molecule has 0 aliphatic heterocycles. The number of hydrogen-bond donors (Lipinski definition) is 2. The second-order valence-corrected chi connectivity index (χ2v) is 9.26. The van der Waals surface area contributed by atoms with Gasteiger partial charge in [-0.3, -0.25) is 19.9 Å². The number of likely N-dealkylation sites (N-methyl/N-ethyl adjacent to an activating group) is 1. The van der Waals surface area contributed by atoms with Crippen molar-refractivity contribution >= 4 is 18.0 Å². The van der Waals surface area contributed by atoms with E-state index in [2.05, 4.69) is 16.7 Å². The van der Waals surface area contributed by atoms with E-state index < -0.39 is 29.3 Å². The molecule has 0 fully saturated rings. The Balaban J connectivity index is 4.81. The normalized spacial score (nSPS) is 12.8. The molecule has 1 atom stereocenters. The minimum Gasteiger partial charge on any atom is -0.459 e. The molecule has 0 aliphatic carbocycles. The van der Waals surface area contributed by atoms with Crippen LogP contribution in [0.3, 0.4) is 0 Å². The fourth-order valence-corrected chi connectivity index (χ4v) is 2.40. The van der Waals surface area contributed by atoms with Crippen molar-refractivity contribution in [3.63, 3.8) is 0 Å². The third-order valence-electron chi connectivity index (χ3n) is 3.47. The summed E-state index contributed by atoms with van der Waals surface area (Å²) in [4.78, 5) is 38.4. The molecule has 0 bridgehead atoms. The number of carbonyl (C=O) groups is 3. The summed E-state index contributed by atoms with van der Waals surface area (Å²) in [6, 6.07) is -0.463. The van der Waals surface area contributed by atoms with E-state index in [-0.39, 0.29) is 18.9 Å². The van der Waals surface area contributed by atoms with Crippen LogP contribution in [0.5, 0.6) is 0 Å². The van der Waals surface area contributed by atoms with Crippen molar-refractivity contribution in [1.82, 2.24) is 20.7 Å². The molecule has 30 heavy (non-hydrogen) atoms. The molecule has 9 nitrogen and oxygen atoms in total. The summed E-state index contributed by atoms with van der Waals surface area (Å²) >= 11 is 0. The number of nitrogens with one attached hydrogen (secondary N) is 2. The van der Waals surface area contributed by atoms with Gasteiger partial charge in [0.15, 0.2) is 0 Å². The Bertz CT molecular complexity index is 616. The van der Waals surface area contributed by atoms with E-state index in [1.54, 1.807) is 48.6 Å². The highest BCUT2D eigenvalue weighted by Crippen LogP contribution is 2.09. The number of alkyl carbamates (subject to hydrolysis) is 1. The molecule has 0 heterocycles. The van der Waals surface area contributed by atoms with Crippen molar-refractivity contribution in [3.8, 4) is 12.3 Å². The van der Waals surface area contributed by atoms with E-state index >= 15 is 0 Å². The summed E-state index contributed by atoms with van der Waals surface area (Å²) in [7, 11) is 3.43. The van der Waals surface area contributed by atoms with Gasteiger partial charge in [-0.2, -0.15) is 0 Å². The van der Waals surface area contributed by atoms with Crippen LogP contribution in [0.25, 0.3) is 0 Å². The third-order valence-corrected chi connectivity index (χ3v) is 3.47. The topological polar surface area (TPSA) is 100 Å². The number of rotatable bonds is 10. The van der Waals surface area contributed by atoms with Crippen molar-refractivity contribution in [1.29, 1.82) is 0 Å². The summed E-state index contributed by atoms with van der Waals surface area (Å²) in [5.41, 5.74) is 1.37. The van der Waals surface area contributed by atoms with Crippen LogP contribution < -0.4 is 10.7 Å². The maximum absolute atomic E-state index is 12.4. The molecule has 0 spiro atoms. The maximum Gasteiger partial charge on any atom is 0.407 e. The van der Waals surface area contributed by atoms with Gasteiger partial charge in [-0.15, -0.1) is 6.42 Å². The lowest BCUT2D eigenvalue weighted by atomic mass is 10.1. The lowest BCUT2D eigenvalue weighted by Gasteiger charge is -2.26. The predicted molar refractivity (Wildman–Crippen MR) is 115 cm³/mol. The molecule has 9 heteroatoms. The molecule has 2 N–H and O–H groups in total. The van der Waals surface area contributed by atoms with Crippen molar-refractivity contribution in [2.45, 2.75) is 71.6 Å². The van der Waals surface area contributed by atoms with Crippen LogP contribution in [0.2, 0.25) is 0 Å². The summed E-state index contributed by atoms with van der Waals surface area (Å²) in [5, 5.41) is 4.09. The second-order valence-electron chi connectivity index (χ2n) is 9.26. The average molecular weight is 427 g/mol. The minimum absolute atomic E-state index is 0.0157. The van der Waals surface area contributed by atoms with Gasteiger partial charge in [0.25, 0.3) is 0 Å². The molecule has 0 radical (unpaired) electrons. The van der Waals surface area contributed by atoms with Gasteiger partial charge in [0.1, 0.15) is 17.7 Å². The van der Waals surface area contributed by atoms with Crippen LogP contribution in [0, 0.1) is 12.3 Å². The van der Waals surface area contributed by atoms with Gasteiger partial charge >= 0.3 is 12.1 Å². The molecule has 0 aromatic carbocycles. The molecule has 0 aromatic rings. The fraction of sp³-hybridized carbons (Fsp3) is 0.762. The number of carbonyl (C=O) groups excluding carboxylic acids is 3. The quantitative estimate of drug-likeness (QED) is 0.310. The highest BCUT2D eigenvalue weighted by Gasteiger charge is 2.23. The van der Waals surface area contributed by atoms with Crippen molar-refractivity contribution in [2.75, 3.05) is 33.7 Å². The molecule has 0 aromatic heterocycles. The van der Waals surface area contributed by atoms with Crippen molar-refractivity contribution in [2.24, 2.45) is 0 Å². The Hall–Kier alpha value is -2.31. The summed E-state index contributed by atoms with van der Waals surface area (Å²) in [5.74, 6) is 1.75. The first-order chi connectivity index (χ1) is 13.6. The maximum atomic E-state index is 12.4. The number of ether oxygens (including phenoxy) is 2. The molecule has 0 saturated carbocycles. The van der Waals surface area contributed by atoms with Crippen molar-refractivity contribution < 1.29 is 23.9 Å². The first-order valence-corrected chi connectivity index (χ1v) is 9.95. The molecular weight excluding hydrogens is 388 g/mol. The average Bonchev–Trinajstić information content (AvgIpc) is 2.48. The third kappa shape index (κ3) is 15.6. The monoisotopic (exact) mass is 426 g/mol. The Labute approximate surface area is 180 Å². The summed E-state index contributed by atoms with van der Waals surface area (Å²) < 4.78 is 10.5. The molecule has 0 saturated heterocycles. The summed E-state index contributed by atoms with van der Waals surface area (Å²) in [6.07, 6.45) is 5.23. The first-order valence-electron chi connectivity index (χ1n) is 9.95. The lowest BCUT2D eigenvalue weighted by Crippen LogP contribution is -2.47. The first kappa shape index (κ1) is 27.7. The van der Waals surface area contributed by atoms with E-state index in [1.807, 2.05) is 11.9 Å². The number of hydrogen-bond acceptors (Lipinski definition) is 7. The molecule has 0 rings (SSSR count). The number of hydrazine groups is 1. The molecule has 0 aliphatic rings. The van der Waals surface area contributed by atoms with Gasteiger partial charge in [-0.05, 0) is 55.0 Å². The number of amides is 2. The van der Waals surface area contributed by atoms with Crippen LogP contribution in [0.4, 0.5) is 4.79 Å². The molecule has 0 unspecified atom stereocenters. The van der Waals surface area contributed by atoms with Crippen LogP contribution in [-0.2, 0) is 19.1 Å². The van der Waals surface area contributed by atoms with Gasteiger partial charge in [-0.25, -0.2) is 9.80 Å². The molecule has 2 amide bonds. The summed E-state index contributed by atoms with van der Waals surface area (Å²) in [6.45, 7) is 11.6. The van der Waals surface area contributed by atoms with Gasteiger partial charge in [0.2, 0.25) is 5.91 Å². The Morgan fingerprint density at radius 2 is 1.60 bits per heavy atom. The van der Waals surface area contributed by atoms with Gasteiger partial charge in [0.05, 0.1) is 6.54 Å². The van der Waals surface area contributed by atoms with Crippen molar-refractivity contribution in [3.05, 3.63) is 0 Å². The highest BCUT2D eigenvalue weighted by atomic mass is 16.6. The van der Waals surface area contributed by atoms with Gasteiger partial charge in [-0.1, -0.05) is 5.92 Å². The Morgan fingerprint density at radius 3 is 2.10 bits per heavy atom. The van der Waals surface area contributed by atoms with E-state index in [1.165, 1.54) is 5.01 Å². The van der Waals surface area contributed by atoms with Crippen LogP contribution in [-0.4, -0.2) is 78.9 Å². The van der Waals surface area contributed by atoms with Gasteiger partial charge in [0, 0.05) is 26.1 Å². The number of terminal acetylenes is 1. The van der Waals surface area contributed by atoms with E-state index in [0.717, 1.165) is 0 Å². The second kappa shape index (κ2) is 12.4. The van der Waals surface area contributed by atoms with Gasteiger partial charge < -0.3 is 14.8 Å². The SMILES string of the molecule is C#CCN(C)CC[C@@H](CC(=O)NN(C)CC(=O)OC(C)(C)C)NC(=O)OC(C)(C)C. The fourth-order valence-electron chi connectivity index (χ4n) is 2.40. The largest absolute Gasteiger partial charge is 0.459 e. The zero-order valence-electron chi connectivity index (χ0n) is 19.6. The smallest absolute Gasteiger partial charge is 0.407 e. The van der Waals surface area contributed by atoms with Crippen LogP contribution in [0.1, 0.15) is 54.4 Å². The minimum atomic E-state index is -0.648. The zero-order chi connectivity index (χ0) is 23.5. The van der Waals surface area contributed by atoms with Crippen LogP contribution >= 0.6 is 0 Å². The van der Waals surface area contributed by atoms with Crippen LogP contribution in [0.15, 0.2) is 0 Å².